The Bertz CT molecular complexity index is 574. The fourth-order valence-electron chi connectivity index (χ4n) is 1.92. The van der Waals surface area contributed by atoms with Gasteiger partial charge in [-0.3, -0.25) is 5.32 Å². The summed E-state index contributed by atoms with van der Waals surface area (Å²) in [6, 6.07) is 9.73. The van der Waals surface area contributed by atoms with Gasteiger partial charge in [0.1, 0.15) is 23.9 Å². The number of quaternary nitrogens is 1. The number of hydrogen-bond donors (Lipinski definition) is 2. The van der Waals surface area contributed by atoms with E-state index in [1.54, 1.807) is 7.11 Å². The van der Waals surface area contributed by atoms with Crippen molar-refractivity contribution in [3.05, 3.63) is 36.7 Å². The van der Waals surface area contributed by atoms with Crippen molar-refractivity contribution < 1.29 is 15.2 Å². The molecule has 1 aromatic carbocycles. The van der Waals surface area contributed by atoms with Gasteiger partial charge in [0.2, 0.25) is 5.82 Å². The molecular weight excluding hydrogens is 268 g/mol. The molecule has 0 radical (unpaired) electrons. The number of rotatable bonds is 6. The molecule has 0 aliphatic heterocycles. The van der Waals surface area contributed by atoms with Gasteiger partial charge in [-0.1, -0.05) is 0 Å². The van der Waals surface area contributed by atoms with E-state index in [1.165, 1.54) is 6.33 Å². The average molecular weight is 289 g/mol. The first-order chi connectivity index (χ1) is 10.1. The predicted octanol–water partition coefficient (Wildman–Crippen LogP) is 0.829. The molecule has 0 aliphatic carbocycles. The molecule has 0 saturated carbocycles. The van der Waals surface area contributed by atoms with Gasteiger partial charge < -0.3 is 14.7 Å². The number of aliphatic hydroxyl groups is 1. The van der Waals surface area contributed by atoms with E-state index >= 15 is 0 Å². The van der Waals surface area contributed by atoms with Crippen LogP contribution in [0.5, 0.6) is 5.75 Å². The van der Waals surface area contributed by atoms with Crippen LogP contribution in [-0.4, -0.2) is 41.9 Å². The lowest BCUT2D eigenvalue weighted by Gasteiger charge is -2.18. The first-order valence-corrected chi connectivity index (χ1v) is 6.79. The minimum Gasteiger partial charge on any atom is -0.497 e. The molecule has 0 spiro atoms. The fourth-order valence-corrected chi connectivity index (χ4v) is 1.92. The molecule has 1 heterocycles. The van der Waals surface area contributed by atoms with Crippen LogP contribution in [0.25, 0.3) is 0 Å². The van der Waals surface area contributed by atoms with E-state index in [1.807, 2.05) is 54.5 Å². The first-order valence-electron chi connectivity index (χ1n) is 6.79. The number of methoxy groups -OCH3 is 1. The highest BCUT2D eigenvalue weighted by atomic mass is 16.5. The van der Waals surface area contributed by atoms with E-state index in [-0.39, 0.29) is 12.6 Å². The summed E-state index contributed by atoms with van der Waals surface area (Å²) in [7, 11) is 3.59. The molecule has 3 N–H and O–H groups in total. The van der Waals surface area contributed by atoms with Crippen LogP contribution in [0.15, 0.2) is 36.7 Å². The minimum absolute atomic E-state index is 0.0686. The summed E-state index contributed by atoms with van der Waals surface area (Å²) in [4.78, 5) is 10.5. The maximum Gasteiger partial charge on any atom is 0.229 e. The molecule has 112 valence electrons. The monoisotopic (exact) mass is 289 g/mol. The van der Waals surface area contributed by atoms with Crippen molar-refractivity contribution in [1.82, 2.24) is 9.97 Å². The maximum atomic E-state index is 9.11. The van der Waals surface area contributed by atoms with Gasteiger partial charge in [0.05, 0.1) is 19.8 Å². The van der Waals surface area contributed by atoms with Crippen LogP contribution in [-0.2, 0) is 0 Å². The van der Waals surface area contributed by atoms with Gasteiger partial charge in [-0.25, -0.2) is 4.98 Å². The van der Waals surface area contributed by atoms with Crippen molar-refractivity contribution in [3.8, 4) is 5.75 Å². The first kappa shape index (κ1) is 15.2. The number of nitrogens with two attached hydrogens (primary N) is 1. The third-order valence-corrected chi connectivity index (χ3v) is 3.22. The second-order valence-electron chi connectivity index (χ2n) is 4.88. The Labute approximate surface area is 124 Å². The second kappa shape index (κ2) is 7.01. The number of benzene rings is 1. The SMILES string of the molecule is COc1ccc(N(C)c2cc([NH2+]C(C)CO)ncn2)cc1. The number of aromatic nitrogens is 2. The molecule has 0 amide bonds. The Morgan fingerprint density at radius 2 is 2.00 bits per heavy atom. The van der Waals surface area contributed by atoms with E-state index in [0.29, 0.717) is 0 Å². The topological polar surface area (TPSA) is 75.1 Å². The normalized spacial score (nSPS) is 12.0. The Morgan fingerprint density at radius 3 is 2.62 bits per heavy atom. The second-order valence-corrected chi connectivity index (χ2v) is 4.88. The summed E-state index contributed by atoms with van der Waals surface area (Å²) in [5.41, 5.74) is 1.01. The highest BCUT2D eigenvalue weighted by Crippen LogP contribution is 2.24. The van der Waals surface area contributed by atoms with Gasteiger partial charge in [-0.05, 0) is 31.2 Å². The van der Waals surface area contributed by atoms with Crippen molar-refractivity contribution in [2.45, 2.75) is 13.0 Å². The van der Waals surface area contributed by atoms with Gasteiger partial charge in [0.25, 0.3) is 0 Å². The zero-order valence-corrected chi connectivity index (χ0v) is 12.5. The molecule has 6 nitrogen and oxygen atoms in total. The van der Waals surface area contributed by atoms with E-state index in [0.717, 1.165) is 23.1 Å². The van der Waals surface area contributed by atoms with Crippen LogP contribution in [0.1, 0.15) is 6.92 Å². The Kier molecular flexibility index (Phi) is 5.08. The summed E-state index contributed by atoms with van der Waals surface area (Å²) in [6.07, 6.45) is 1.53. The molecule has 0 fully saturated rings. The Balaban J connectivity index is 2.17. The van der Waals surface area contributed by atoms with Crippen LogP contribution in [0, 0.1) is 0 Å². The Morgan fingerprint density at radius 1 is 1.29 bits per heavy atom. The molecule has 1 unspecified atom stereocenters. The molecule has 2 aromatic rings. The molecule has 1 aromatic heterocycles. The van der Waals surface area contributed by atoms with Crippen molar-refractivity contribution in [3.63, 3.8) is 0 Å². The Hall–Kier alpha value is -2.18. The van der Waals surface area contributed by atoms with E-state index < -0.39 is 0 Å². The molecular formula is C15H21N4O2+. The van der Waals surface area contributed by atoms with Crippen molar-refractivity contribution in [2.75, 3.05) is 25.7 Å². The minimum atomic E-state index is 0.0686. The van der Waals surface area contributed by atoms with Crippen LogP contribution in [0.4, 0.5) is 17.3 Å². The summed E-state index contributed by atoms with van der Waals surface area (Å²) in [5.74, 6) is 2.43. The molecule has 21 heavy (non-hydrogen) atoms. The summed E-state index contributed by atoms with van der Waals surface area (Å²) < 4.78 is 5.16. The van der Waals surface area contributed by atoms with Crippen LogP contribution in [0.3, 0.4) is 0 Å². The molecule has 6 heteroatoms. The van der Waals surface area contributed by atoms with Gasteiger partial charge >= 0.3 is 0 Å². The van der Waals surface area contributed by atoms with Crippen LogP contribution < -0.4 is 15.0 Å². The predicted molar refractivity (Wildman–Crippen MR) is 81.2 cm³/mol. The van der Waals surface area contributed by atoms with Crippen molar-refractivity contribution in [2.24, 2.45) is 0 Å². The number of ether oxygens (including phenoxy) is 1. The van der Waals surface area contributed by atoms with Crippen molar-refractivity contribution >= 4 is 17.3 Å². The number of aliphatic hydroxyl groups excluding tert-OH is 1. The fraction of sp³-hybridized carbons (Fsp3) is 0.333. The van der Waals surface area contributed by atoms with Crippen LogP contribution in [0.2, 0.25) is 0 Å². The molecule has 0 saturated heterocycles. The zero-order valence-electron chi connectivity index (χ0n) is 12.5. The highest BCUT2D eigenvalue weighted by molar-refractivity contribution is 5.60. The number of nitrogens with zero attached hydrogens (tertiary/aromatic N) is 3. The average Bonchev–Trinajstić information content (AvgIpc) is 2.54. The summed E-state index contributed by atoms with van der Waals surface area (Å²) >= 11 is 0. The third kappa shape index (κ3) is 3.90. The highest BCUT2D eigenvalue weighted by Gasteiger charge is 2.11. The van der Waals surface area contributed by atoms with Gasteiger partial charge in [-0.2, -0.15) is 4.98 Å². The van der Waals surface area contributed by atoms with Gasteiger partial charge in [-0.15, -0.1) is 0 Å². The van der Waals surface area contributed by atoms with E-state index in [2.05, 4.69) is 9.97 Å². The lowest BCUT2D eigenvalue weighted by molar-refractivity contribution is -0.612. The molecule has 2 rings (SSSR count). The zero-order chi connectivity index (χ0) is 15.2. The lowest BCUT2D eigenvalue weighted by Crippen LogP contribution is -2.85. The third-order valence-electron chi connectivity index (χ3n) is 3.22. The smallest absolute Gasteiger partial charge is 0.229 e. The van der Waals surface area contributed by atoms with Gasteiger partial charge in [0.15, 0.2) is 0 Å². The summed E-state index contributed by atoms with van der Waals surface area (Å²) in [6.45, 7) is 2.04. The number of hydrogen-bond acceptors (Lipinski definition) is 5. The van der Waals surface area contributed by atoms with Gasteiger partial charge in [0, 0.05) is 12.7 Å². The molecule has 0 bridgehead atoms. The van der Waals surface area contributed by atoms with E-state index in [9.17, 15) is 0 Å². The largest absolute Gasteiger partial charge is 0.497 e. The number of anilines is 2. The quantitative estimate of drug-likeness (QED) is 0.824. The van der Waals surface area contributed by atoms with Crippen molar-refractivity contribution in [1.29, 1.82) is 0 Å². The maximum absolute atomic E-state index is 9.11. The lowest BCUT2D eigenvalue weighted by atomic mass is 10.3. The standard InChI is InChI=1S/C15H20N4O2/c1-11(9-20)18-14-8-15(17-10-16-14)19(2)12-4-6-13(21-3)7-5-12/h4-8,10-11,20H,9H2,1-3H3,(H,16,17,18)/p+1. The summed E-state index contributed by atoms with van der Waals surface area (Å²) in [5, 5.41) is 11.0. The molecule has 1 atom stereocenters. The molecule has 0 aliphatic rings. The van der Waals surface area contributed by atoms with Crippen LogP contribution >= 0.6 is 0 Å². The van der Waals surface area contributed by atoms with E-state index in [4.69, 9.17) is 9.84 Å².